The fraction of sp³-hybridized carbons (Fsp3) is 0.167. The molecule has 1 heterocycles. The molecule has 20 heavy (non-hydrogen) atoms. The Hall–Kier alpha value is -0.630. The zero-order valence-corrected chi connectivity index (χ0v) is 15.0. The van der Waals surface area contributed by atoms with E-state index in [1.807, 2.05) is 13.0 Å². The van der Waals surface area contributed by atoms with Crippen molar-refractivity contribution in [2.45, 2.75) is 13.5 Å². The Morgan fingerprint density at radius 3 is 2.65 bits per heavy atom. The van der Waals surface area contributed by atoms with Crippen LogP contribution in [0.3, 0.4) is 0 Å². The van der Waals surface area contributed by atoms with Crippen LogP contribution in [0.25, 0.3) is 0 Å². The van der Waals surface area contributed by atoms with E-state index in [1.54, 1.807) is 17.4 Å². The number of nitrogens with one attached hydrogen (secondary N) is 1. The summed E-state index contributed by atoms with van der Waals surface area (Å²) in [5.74, 6) is 0. The summed E-state index contributed by atoms with van der Waals surface area (Å²) in [6.07, 6.45) is 0. The van der Waals surface area contributed by atoms with Gasteiger partial charge < -0.3 is 5.32 Å². The summed E-state index contributed by atoms with van der Waals surface area (Å²) in [6, 6.07) is 5.09. The van der Waals surface area contributed by atoms with Crippen molar-refractivity contribution in [3.05, 3.63) is 52.0 Å². The standard InChI is InChI=1S/C12H9Br2ClN2O2S/c1-6-2-11(17(18)19)9(15)4-10(6)16-5-7-3-8(13)12(14)20-7/h2-4,16H,5H2,1H3. The van der Waals surface area contributed by atoms with Crippen molar-refractivity contribution in [3.63, 3.8) is 0 Å². The van der Waals surface area contributed by atoms with Gasteiger partial charge in [-0.05, 0) is 56.5 Å². The van der Waals surface area contributed by atoms with Gasteiger partial charge in [-0.25, -0.2) is 0 Å². The van der Waals surface area contributed by atoms with Gasteiger partial charge >= 0.3 is 0 Å². The fourth-order valence-electron chi connectivity index (χ4n) is 1.66. The van der Waals surface area contributed by atoms with E-state index in [2.05, 4.69) is 37.2 Å². The van der Waals surface area contributed by atoms with Crippen molar-refractivity contribution in [1.29, 1.82) is 0 Å². The lowest BCUT2D eigenvalue weighted by molar-refractivity contribution is -0.384. The van der Waals surface area contributed by atoms with Crippen LogP contribution in [0.2, 0.25) is 5.02 Å². The Balaban J connectivity index is 2.17. The number of hydrogen-bond donors (Lipinski definition) is 1. The lowest BCUT2D eigenvalue weighted by Crippen LogP contribution is -2.00. The molecule has 1 aromatic heterocycles. The molecule has 2 rings (SSSR count). The van der Waals surface area contributed by atoms with Gasteiger partial charge in [0.05, 0.1) is 8.71 Å². The van der Waals surface area contributed by atoms with E-state index in [9.17, 15) is 10.1 Å². The number of thiophene rings is 1. The number of rotatable bonds is 4. The zero-order valence-electron chi connectivity index (χ0n) is 10.2. The van der Waals surface area contributed by atoms with Crippen molar-refractivity contribution < 1.29 is 4.92 Å². The van der Waals surface area contributed by atoms with E-state index >= 15 is 0 Å². The van der Waals surface area contributed by atoms with Crippen LogP contribution in [0.4, 0.5) is 11.4 Å². The van der Waals surface area contributed by atoms with Crippen molar-refractivity contribution in [2.75, 3.05) is 5.32 Å². The molecule has 0 aliphatic heterocycles. The molecule has 0 aliphatic rings. The molecule has 0 radical (unpaired) electrons. The molecule has 0 amide bonds. The lowest BCUT2D eigenvalue weighted by atomic mass is 10.1. The quantitative estimate of drug-likeness (QED) is 0.486. The van der Waals surface area contributed by atoms with Crippen LogP contribution in [0.5, 0.6) is 0 Å². The summed E-state index contributed by atoms with van der Waals surface area (Å²) in [5.41, 5.74) is 1.51. The molecular weight excluding hydrogens is 431 g/mol. The van der Waals surface area contributed by atoms with E-state index in [0.717, 1.165) is 24.4 Å². The van der Waals surface area contributed by atoms with Gasteiger partial charge in [0, 0.05) is 27.6 Å². The SMILES string of the molecule is Cc1cc([N+](=O)[O-])c(Cl)cc1NCc1cc(Br)c(Br)s1. The maximum atomic E-state index is 10.8. The van der Waals surface area contributed by atoms with Gasteiger partial charge in [-0.15, -0.1) is 11.3 Å². The van der Waals surface area contributed by atoms with Gasteiger partial charge in [-0.2, -0.15) is 0 Å². The van der Waals surface area contributed by atoms with Gasteiger partial charge in [0.15, 0.2) is 0 Å². The van der Waals surface area contributed by atoms with Crippen LogP contribution in [0.1, 0.15) is 10.4 Å². The minimum Gasteiger partial charge on any atom is -0.380 e. The maximum absolute atomic E-state index is 10.8. The molecule has 0 fully saturated rings. The average Bonchev–Trinajstić information content (AvgIpc) is 2.69. The first kappa shape index (κ1) is 15.8. The van der Waals surface area contributed by atoms with E-state index in [4.69, 9.17) is 11.6 Å². The number of nitro benzene ring substituents is 1. The molecule has 4 nitrogen and oxygen atoms in total. The van der Waals surface area contributed by atoms with E-state index < -0.39 is 4.92 Å². The normalized spacial score (nSPS) is 10.6. The molecule has 0 saturated heterocycles. The van der Waals surface area contributed by atoms with E-state index in [0.29, 0.717) is 6.54 Å². The van der Waals surface area contributed by atoms with Gasteiger partial charge in [-0.1, -0.05) is 11.6 Å². The van der Waals surface area contributed by atoms with Crippen LogP contribution in [-0.2, 0) is 6.54 Å². The highest BCUT2D eigenvalue weighted by Crippen LogP contribution is 2.34. The van der Waals surface area contributed by atoms with Crippen molar-refractivity contribution >= 4 is 66.2 Å². The number of halogens is 3. The highest BCUT2D eigenvalue weighted by molar-refractivity contribution is 9.13. The summed E-state index contributed by atoms with van der Waals surface area (Å²) in [6.45, 7) is 2.44. The largest absolute Gasteiger partial charge is 0.380 e. The lowest BCUT2D eigenvalue weighted by Gasteiger charge is -2.09. The van der Waals surface area contributed by atoms with Crippen molar-refractivity contribution in [3.8, 4) is 0 Å². The highest BCUT2D eigenvalue weighted by atomic mass is 79.9. The van der Waals surface area contributed by atoms with Crippen LogP contribution in [-0.4, -0.2) is 4.92 Å². The van der Waals surface area contributed by atoms with E-state index in [1.165, 1.54) is 6.07 Å². The number of anilines is 1. The van der Waals surface area contributed by atoms with E-state index in [-0.39, 0.29) is 10.7 Å². The van der Waals surface area contributed by atoms with Gasteiger partial charge in [-0.3, -0.25) is 10.1 Å². The molecule has 1 aromatic carbocycles. The molecule has 8 heteroatoms. The summed E-state index contributed by atoms with van der Waals surface area (Å²) < 4.78 is 2.05. The number of nitro groups is 1. The number of hydrogen-bond acceptors (Lipinski definition) is 4. The Morgan fingerprint density at radius 1 is 1.40 bits per heavy atom. The summed E-state index contributed by atoms with van der Waals surface area (Å²) in [5, 5.41) is 14.2. The predicted molar refractivity (Wildman–Crippen MR) is 89.9 cm³/mol. The molecule has 1 N–H and O–H groups in total. The average molecular weight is 441 g/mol. The van der Waals surface area contributed by atoms with Gasteiger partial charge in [0.2, 0.25) is 0 Å². The fourth-order valence-corrected chi connectivity index (χ4v) is 4.01. The molecule has 0 aliphatic carbocycles. The Bertz CT molecular complexity index is 656. The van der Waals surface area contributed by atoms with Crippen molar-refractivity contribution in [1.82, 2.24) is 0 Å². The first-order valence-corrected chi connectivity index (χ1v) is 8.28. The third kappa shape index (κ3) is 3.52. The Labute approximate surface area is 141 Å². The first-order valence-electron chi connectivity index (χ1n) is 5.50. The van der Waals surface area contributed by atoms with Crippen LogP contribution < -0.4 is 5.32 Å². The van der Waals surface area contributed by atoms with Crippen LogP contribution in [0, 0.1) is 17.0 Å². The van der Waals surface area contributed by atoms with Gasteiger partial charge in [0.1, 0.15) is 5.02 Å². The summed E-state index contributed by atoms with van der Waals surface area (Å²) in [7, 11) is 0. The molecular formula is C12H9Br2ClN2O2S. The highest BCUT2D eigenvalue weighted by Gasteiger charge is 2.15. The second-order valence-electron chi connectivity index (χ2n) is 4.06. The van der Waals surface area contributed by atoms with Gasteiger partial charge in [0.25, 0.3) is 5.69 Å². The summed E-state index contributed by atoms with van der Waals surface area (Å²) in [4.78, 5) is 11.5. The topological polar surface area (TPSA) is 55.2 Å². The molecule has 2 aromatic rings. The van der Waals surface area contributed by atoms with Crippen LogP contribution >= 0.6 is 54.8 Å². The van der Waals surface area contributed by atoms with Crippen LogP contribution in [0.15, 0.2) is 26.5 Å². The predicted octanol–water partition coefficient (Wildman–Crippen LogP) is 5.76. The Kier molecular flexibility index (Phi) is 5.06. The third-order valence-electron chi connectivity index (χ3n) is 2.64. The second-order valence-corrected chi connectivity index (χ2v) is 7.78. The first-order chi connectivity index (χ1) is 9.38. The third-order valence-corrected chi connectivity index (χ3v) is 6.20. The molecule has 0 unspecified atom stereocenters. The summed E-state index contributed by atoms with van der Waals surface area (Å²) >= 11 is 14.4. The molecule has 0 saturated carbocycles. The number of aryl methyl sites for hydroxylation is 1. The smallest absolute Gasteiger partial charge is 0.288 e. The Morgan fingerprint density at radius 2 is 2.10 bits per heavy atom. The minimum absolute atomic E-state index is 0.0728. The maximum Gasteiger partial charge on any atom is 0.288 e. The molecule has 0 spiro atoms. The zero-order chi connectivity index (χ0) is 14.9. The number of nitrogens with zero attached hydrogens (tertiary/aromatic N) is 1. The monoisotopic (exact) mass is 438 g/mol. The van der Waals surface area contributed by atoms with Crippen molar-refractivity contribution in [2.24, 2.45) is 0 Å². The molecule has 0 bridgehead atoms. The number of benzene rings is 1. The minimum atomic E-state index is -0.480. The second kappa shape index (κ2) is 6.43. The molecule has 106 valence electrons. The molecule has 0 atom stereocenters.